The van der Waals surface area contributed by atoms with Gasteiger partial charge in [0.25, 0.3) is 0 Å². The van der Waals surface area contributed by atoms with Gasteiger partial charge in [-0.15, -0.1) is 0 Å². The van der Waals surface area contributed by atoms with Crippen molar-refractivity contribution in [1.29, 1.82) is 0 Å². The number of benzene rings is 3. The standard InChI is InChI=1S/C28H30N2O3S/c1-19(2)30-34(31,32)23-15-16-27-26(17-23)24-9-6-10-25(24)28(29-27)21-11-13-22(14-12-21)33-18-20-7-4-3-5-8-20/h3-9,11-17,19,24-25,28-30H,10,18H2,1-2H3. The van der Waals surface area contributed by atoms with E-state index in [1.807, 2.05) is 56.3 Å². The van der Waals surface area contributed by atoms with Gasteiger partial charge in [0.1, 0.15) is 12.4 Å². The third kappa shape index (κ3) is 4.61. The summed E-state index contributed by atoms with van der Waals surface area (Å²) in [6.45, 7) is 4.20. The highest BCUT2D eigenvalue weighted by Crippen LogP contribution is 2.50. The molecule has 3 aromatic carbocycles. The molecule has 1 heterocycles. The van der Waals surface area contributed by atoms with Gasteiger partial charge in [0.15, 0.2) is 0 Å². The first-order valence-corrected chi connectivity index (χ1v) is 13.3. The van der Waals surface area contributed by atoms with Crippen molar-refractivity contribution in [3.05, 3.63) is 102 Å². The highest BCUT2D eigenvalue weighted by Gasteiger charge is 2.38. The van der Waals surface area contributed by atoms with Crippen molar-refractivity contribution in [2.24, 2.45) is 5.92 Å². The normalized spacial score (nSPS) is 21.1. The Kier molecular flexibility index (Phi) is 6.19. The van der Waals surface area contributed by atoms with Crippen molar-refractivity contribution in [1.82, 2.24) is 4.72 Å². The van der Waals surface area contributed by atoms with Crippen LogP contribution >= 0.6 is 0 Å². The number of anilines is 1. The summed E-state index contributed by atoms with van der Waals surface area (Å²) in [6.07, 6.45) is 5.39. The lowest BCUT2D eigenvalue weighted by molar-refractivity contribution is 0.306. The van der Waals surface area contributed by atoms with E-state index in [0.29, 0.717) is 17.4 Å². The van der Waals surface area contributed by atoms with E-state index in [1.54, 1.807) is 6.07 Å². The van der Waals surface area contributed by atoms with E-state index < -0.39 is 10.0 Å². The molecule has 3 aromatic rings. The fourth-order valence-corrected chi connectivity index (χ4v) is 6.25. The number of rotatable bonds is 7. The van der Waals surface area contributed by atoms with Crippen molar-refractivity contribution in [2.75, 3.05) is 5.32 Å². The first kappa shape index (κ1) is 22.7. The Morgan fingerprint density at radius 3 is 2.53 bits per heavy atom. The fraction of sp³-hybridized carbons (Fsp3) is 0.286. The van der Waals surface area contributed by atoms with Crippen molar-refractivity contribution in [3.8, 4) is 5.75 Å². The minimum Gasteiger partial charge on any atom is -0.489 e. The van der Waals surface area contributed by atoms with Crippen LogP contribution in [-0.2, 0) is 16.6 Å². The molecule has 0 spiro atoms. The molecule has 176 valence electrons. The number of ether oxygens (including phenoxy) is 1. The van der Waals surface area contributed by atoms with Crippen LogP contribution in [0.5, 0.6) is 5.75 Å². The van der Waals surface area contributed by atoms with E-state index in [0.717, 1.165) is 29.0 Å². The zero-order chi connectivity index (χ0) is 23.7. The van der Waals surface area contributed by atoms with Crippen LogP contribution in [0.1, 0.15) is 48.9 Å². The summed E-state index contributed by atoms with van der Waals surface area (Å²) >= 11 is 0. The van der Waals surface area contributed by atoms with Gasteiger partial charge in [-0.3, -0.25) is 0 Å². The van der Waals surface area contributed by atoms with E-state index in [-0.39, 0.29) is 18.0 Å². The Morgan fingerprint density at radius 2 is 1.79 bits per heavy atom. The van der Waals surface area contributed by atoms with Gasteiger partial charge in [0, 0.05) is 17.6 Å². The third-order valence-corrected chi connectivity index (χ3v) is 8.18. The van der Waals surface area contributed by atoms with Crippen molar-refractivity contribution >= 4 is 15.7 Å². The molecule has 0 amide bonds. The Hall–Kier alpha value is -3.09. The molecule has 3 unspecified atom stereocenters. The number of sulfonamides is 1. The number of allylic oxidation sites excluding steroid dienone is 2. The molecule has 3 atom stereocenters. The SMILES string of the molecule is CC(C)NS(=O)(=O)c1ccc2c(c1)C1C=CCC1C(c1ccc(OCc3ccccc3)cc1)N2. The predicted molar refractivity (Wildman–Crippen MR) is 135 cm³/mol. The molecule has 1 aliphatic heterocycles. The van der Waals surface area contributed by atoms with E-state index in [4.69, 9.17) is 4.74 Å². The summed E-state index contributed by atoms with van der Waals surface area (Å²) in [5.74, 6) is 1.36. The molecule has 0 bridgehead atoms. The maximum absolute atomic E-state index is 12.7. The quantitative estimate of drug-likeness (QED) is 0.426. The van der Waals surface area contributed by atoms with Crippen LogP contribution < -0.4 is 14.8 Å². The third-order valence-electron chi connectivity index (χ3n) is 6.52. The molecular weight excluding hydrogens is 444 g/mol. The Labute approximate surface area is 201 Å². The van der Waals surface area contributed by atoms with Crippen molar-refractivity contribution in [3.63, 3.8) is 0 Å². The molecule has 0 saturated carbocycles. The number of nitrogens with one attached hydrogen (secondary N) is 2. The highest BCUT2D eigenvalue weighted by molar-refractivity contribution is 7.89. The number of fused-ring (bicyclic) bond motifs is 3. The van der Waals surface area contributed by atoms with Crippen LogP contribution in [-0.4, -0.2) is 14.5 Å². The monoisotopic (exact) mass is 474 g/mol. The molecular formula is C28H30N2O3S. The Bertz CT molecular complexity index is 1280. The van der Waals surface area contributed by atoms with Crippen LogP contribution in [0.3, 0.4) is 0 Å². The minimum absolute atomic E-state index is 0.145. The second kappa shape index (κ2) is 9.28. The number of hydrogen-bond donors (Lipinski definition) is 2. The Morgan fingerprint density at radius 1 is 1.03 bits per heavy atom. The summed E-state index contributed by atoms with van der Waals surface area (Å²) < 4.78 is 34.1. The zero-order valence-electron chi connectivity index (χ0n) is 19.4. The van der Waals surface area contributed by atoms with Crippen LogP contribution in [0.25, 0.3) is 0 Å². The second-order valence-corrected chi connectivity index (χ2v) is 11.1. The lowest BCUT2D eigenvalue weighted by Crippen LogP contribution is -2.31. The average molecular weight is 475 g/mol. The van der Waals surface area contributed by atoms with Gasteiger partial charge >= 0.3 is 0 Å². The molecule has 6 heteroatoms. The molecule has 0 fully saturated rings. The van der Waals surface area contributed by atoms with Crippen LogP contribution in [0.2, 0.25) is 0 Å². The summed E-state index contributed by atoms with van der Waals surface area (Å²) in [5.41, 5.74) is 4.38. The maximum atomic E-state index is 12.7. The summed E-state index contributed by atoms with van der Waals surface area (Å²) in [5, 5.41) is 3.69. The van der Waals surface area contributed by atoms with Gasteiger partial charge in [-0.25, -0.2) is 13.1 Å². The molecule has 1 aliphatic carbocycles. The molecule has 2 aliphatic rings. The zero-order valence-corrected chi connectivity index (χ0v) is 20.3. The maximum Gasteiger partial charge on any atom is 0.240 e. The van der Waals surface area contributed by atoms with Crippen molar-refractivity contribution < 1.29 is 13.2 Å². The molecule has 34 heavy (non-hydrogen) atoms. The van der Waals surface area contributed by atoms with Gasteiger partial charge in [-0.2, -0.15) is 0 Å². The molecule has 0 saturated heterocycles. The smallest absolute Gasteiger partial charge is 0.240 e. The minimum atomic E-state index is -3.53. The van der Waals surface area contributed by atoms with Gasteiger partial charge in [0.05, 0.1) is 10.9 Å². The Balaban J connectivity index is 1.36. The summed E-state index contributed by atoms with van der Waals surface area (Å²) in [7, 11) is -3.53. The van der Waals surface area contributed by atoms with Crippen LogP contribution in [0, 0.1) is 5.92 Å². The fourth-order valence-electron chi connectivity index (χ4n) is 4.96. The summed E-state index contributed by atoms with van der Waals surface area (Å²) in [4.78, 5) is 0.319. The lowest BCUT2D eigenvalue weighted by atomic mass is 9.77. The molecule has 5 nitrogen and oxygen atoms in total. The largest absolute Gasteiger partial charge is 0.489 e. The van der Waals surface area contributed by atoms with Gasteiger partial charge < -0.3 is 10.1 Å². The molecule has 0 aromatic heterocycles. The van der Waals surface area contributed by atoms with E-state index in [2.05, 4.69) is 46.5 Å². The molecule has 0 radical (unpaired) electrons. The predicted octanol–water partition coefficient (Wildman–Crippen LogP) is 5.78. The topological polar surface area (TPSA) is 67.4 Å². The first-order valence-electron chi connectivity index (χ1n) is 11.8. The van der Waals surface area contributed by atoms with Crippen LogP contribution in [0.15, 0.2) is 89.8 Å². The van der Waals surface area contributed by atoms with E-state index >= 15 is 0 Å². The lowest BCUT2D eigenvalue weighted by Gasteiger charge is -2.37. The second-order valence-electron chi connectivity index (χ2n) is 9.34. The molecule has 2 N–H and O–H groups in total. The van der Waals surface area contributed by atoms with E-state index in [9.17, 15) is 8.42 Å². The van der Waals surface area contributed by atoms with Gasteiger partial charge in [0.2, 0.25) is 10.0 Å². The summed E-state index contributed by atoms with van der Waals surface area (Å²) in [6, 6.07) is 23.9. The van der Waals surface area contributed by atoms with Crippen molar-refractivity contribution in [2.45, 2.75) is 49.8 Å². The van der Waals surface area contributed by atoms with Crippen LogP contribution in [0.4, 0.5) is 5.69 Å². The van der Waals surface area contributed by atoms with E-state index in [1.165, 1.54) is 5.56 Å². The average Bonchev–Trinajstić information content (AvgIpc) is 3.33. The van der Waals surface area contributed by atoms with Gasteiger partial charge in [-0.05, 0) is 73.2 Å². The van der Waals surface area contributed by atoms with Gasteiger partial charge in [-0.1, -0.05) is 54.6 Å². The first-order chi connectivity index (χ1) is 16.4. The molecule has 5 rings (SSSR count). The highest BCUT2D eigenvalue weighted by atomic mass is 32.2. The number of hydrogen-bond acceptors (Lipinski definition) is 4.